The lowest BCUT2D eigenvalue weighted by molar-refractivity contribution is 0.628. The number of nitriles is 1. The van der Waals surface area contributed by atoms with Crippen LogP contribution in [0.3, 0.4) is 0 Å². The predicted molar refractivity (Wildman–Crippen MR) is 84.7 cm³/mol. The van der Waals surface area contributed by atoms with Gasteiger partial charge in [-0.15, -0.1) is 0 Å². The molecule has 1 aromatic heterocycles. The molecule has 1 N–H and O–H groups in total. The summed E-state index contributed by atoms with van der Waals surface area (Å²) in [6.07, 6.45) is 1.73. The first-order valence-corrected chi connectivity index (χ1v) is 7.66. The van der Waals surface area contributed by atoms with Crippen molar-refractivity contribution in [1.29, 1.82) is 5.26 Å². The summed E-state index contributed by atoms with van der Waals surface area (Å²) in [7, 11) is 0. The number of hydrogen-bond acceptors (Lipinski definition) is 3. The number of thioether (sulfide) groups is 1. The molecular weight excluding hydrogens is 297 g/mol. The fraction of sp³-hybridized carbons (Fsp3) is 0.0588. The molecule has 2 aromatic carbocycles. The fourth-order valence-electron chi connectivity index (χ4n) is 2.05. The molecule has 3 rings (SSSR count). The number of nitrogens with zero attached hydrogens (tertiary/aromatic N) is 2. The highest BCUT2D eigenvalue weighted by Crippen LogP contribution is 2.25. The minimum Gasteiger partial charge on any atom is -0.333 e. The van der Waals surface area contributed by atoms with E-state index in [1.165, 1.54) is 23.9 Å². The Morgan fingerprint density at radius 1 is 1.14 bits per heavy atom. The molecule has 0 aliphatic heterocycles. The highest BCUT2D eigenvalue weighted by Gasteiger charge is 2.06. The van der Waals surface area contributed by atoms with E-state index in [1.54, 1.807) is 18.3 Å². The van der Waals surface area contributed by atoms with Crippen LogP contribution in [0.5, 0.6) is 0 Å². The molecule has 5 heteroatoms. The van der Waals surface area contributed by atoms with E-state index in [4.69, 9.17) is 5.26 Å². The first-order chi connectivity index (χ1) is 10.8. The number of halogens is 1. The molecule has 22 heavy (non-hydrogen) atoms. The lowest BCUT2D eigenvalue weighted by atomic mass is 10.1. The molecule has 3 nitrogen and oxygen atoms in total. The Kier molecular flexibility index (Phi) is 4.22. The lowest BCUT2D eigenvalue weighted by Gasteiger charge is -2.01. The summed E-state index contributed by atoms with van der Waals surface area (Å²) in [6, 6.07) is 16.0. The van der Waals surface area contributed by atoms with Crippen LogP contribution in [-0.4, -0.2) is 9.97 Å². The molecule has 0 aliphatic carbocycles. The van der Waals surface area contributed by atoms with Crippen molar-refractivity contribution in [2.45, 2.75) is 10.9 Å². The number of aromatic amines is 1. The second kappa shape index (κ2) is 6.46. The van der Waals surface area contributed by atoms with Gasteiger partial charge in [0.05, 0.1) is 23.5 Å². The first-order valence-electron chi connectivity index (χ1n) is 6.68. The topological polar surface area (TPSA) is 52.5 Å². The summed E-state index contributed by atoms with van der Waals surface area (Å²) >= 11 is 1.53. The Hall–Kier alpha value is -2.58. The lowest BCUT2D eigenvalue weighted by Crippen LogP contribution is -1.87. The molecule has 108 valence electrons. The van der Waals surface area contributed by atoms with E-state index < -0.39 is 0 Å². The Morgan fingerprint density at radius 2 is 1.91 bits per heavy atom. The number of nitrogens with one attached hydrogen (secondary N) is 1. The molecule has 0 fully saturated rings. The predicted octanol–water partition coefficient (Wildman–Crippen LogP) is 4.38. The summed E-state index contributed by atoms with van der Waals surface area (Å²) in [5.74, 6) is 0.408. The van der Waals surface area contributed by atoms with Crippen LogP contribution in [-0.2, 0) is 5.75 Å². The van der Waals surface area contributed by atoms with Crippen LogP contribution < -0.4 is 0 Å². The Bertz CT molecular complexity index is 818. The summed E-state index contributed by atoms with van der Waals surface area (Å²) in [4.78, 5) is 7.52. The maximum absolute atomic E-state index is 12.9. The summed E-state index contributed by atoms with van der Waals surface area (Å²) in [5.41, 5.74) is 3.39. The monoisotopic (exact) mass is 309 g/mol. The van der Waals surface area contributed by atoms with Gasteiger partial charge in [-0.1, -0.05) is 30.0 Å². The summed E-state index contributed by atoms with van der Waals surface area (Å²) in [6.45, 7) is 0. The minimum absolute atomic E-state index is 0.258. The van der Waals surface area contributed by atoms with Crippen LogP contribution in [0.15, 0.2) is 59.9 Å². The Morgan fingerprint density at radius 3 is 2.68 bits per heavy atom. The van der Waals surface area contributed by atoms with Crippen molar-refractivity contribution in [1.82, 2.24) is 9.97 Å². The fourth-order valence-corrected chi connectivity index (χ4v) is 2.91. The van der Waals surface area contributed by atoms with E-state index in [0.29, 0.717) is 11.3 Å². The van der Waals surface area contributed by atoms with Gasteiger partial charge in [0.15, 0.2) is 5.16 Å². The van der Waals surface area contributed by atoms with Gasteiger partial charge in [-0.2, -0.15) is 5.26 Å². The second-order valence-electron chi connectivity index (χ2n) is 4.67. The van der Waals surface area contributed by atoms with Crippen molar-refractivity contribution in [2.75, 3.05) is 0 Å². The molecule has 0 amide bonds. The first kappa shape index (κ1) is 14.4. The van der Waals surface area contributed by atoms with Crippen molar-refractivity contribution >= 4 is 11.8 Å². The number of aromatic nitrogens is 2. The van der Waals surface area contributed by atoms with E-state index in [1.807, 2.05) is 24.3 Å². The molecule has 0 radical (unpaired) electrons. The average molecular weight is 309 g/mol. The number of imidazole rings is 1. The maximum Gasteiger partial charge on any atom is 0.166 e. The highest BCUT2D eigenvalue weighted by molar-refractivity contribution is 7.98. The van der Waals surface area contributed by atoms with Crippen molar-refractivity contribution in [3.05, 3.63) is 71.7 Å². The SMILES string of the molecule is N#Cc1ccccc1CSc1ncc(-c2ccc(F)cc2)[nH]1. The highest BCUT2D eigenvalue weighted by atomic mass is 32.2. The van der Waals surface area contributed by atoms with Gasteiger partial charge >= 0.3 is 0 Å². The molecule has 0 unspecified atom stereocenters. The zero-order valence-corrected chi connectivity index (χ0v) is 12.4. The van der Waals surface area contributed by atoms with Gasteiger partial charge < -0.3 is 4.98 Å². The van der Waals surface area contributed by atoms with Crippen molar-refractivity contribution in [3.8, 4) is 17.3 Å². The number of H-pyrrole nitrogens is 1. The third-order valence-corrected chi connectivity index (χ3v) is 4.15. The number of hydrogen-bond donors (Lipinski definition) is 1. The van der Waals surface area contributed by atoms with E-state index in [0.717, 1.165) is 22.0 Å². The van der Waals surface area contributed by atoms with Crippen LogP contribution >= 0.6 is 11.8 Å². The van der Waals surface area contributed by atoms with E-state index in [9.17, 15) is 4.39 Å². The van der Waals surface area contributed by atoms with Gasteiger partial charge in [-0.05, 0) is 41.5 Å². The molecule has 1 heterocycles. The molecular formula is C17H12FN3S. The summed E-state index contributed by atoms with van der Waals surface area (Å²) in [5, 5.41) is 9.85. The van der Waals surface area contributed by atoms with E-state index in [2.05, 4.69) is 16.0 Å². The molecule has 0 saturated heterocycles. The molecule has 3 aromatic rings. The van der Waals surface area contributed by atoms with Crippen LogP contribution in [0.25, 0.3) is 11.3 Å². The Balaban J connectivity index is 1.72. The minimum atomic E-state index is -0.258. The van der Waals surface area contributed by atoms with Gasteiger partial charge in [0.1, 0.15) is 5.82 Å². The summed E-state index contributed by atoms with van der Waals surface area (Å²) < 4.78 is 12.9. The maximum atomic E-state index is 12.9. The average Bonchev–Trinajstić information content (AvgIpc) is 3.03. The van der Waals surface area contributed by atoms with E-state index in [-0.39, 0.29) is 5.82 Å². The van der Waals surface area contributed by atoms with E-state index >= 15 is 0 Å². The third kappa shape index (κ3) is 3.18. The number of benzene rings is 2. The second-order valence-corrected chi connectivity index (χ2v) is 5.63. The largest absolute Gasteiger partial charge is 0.333 e. The van der Waals surface area contributed by atoms with Gasteiger partial charge in [-0.3, -0.25) is 0 Å². The van der Waals surface area contributed by atoms with Gasteiger partial charge in [0.25, 0.3) is 0 Å². The van der Waals surface area contributed by atoms with Gasteiger partial charge in [-0.25, -0.2) is 9.37 Å². The quantitative estimate of drug-likeness (QED) is 0.728. The smallest absolute Gasteiger partial charge is 0.166 e. The molecule has 0 spiro atoms. The van der Waals surface area contributed by atoms with Crippen molar-refractivity contribution in [3.63, 3.8) is 0 Å². The van der Waals surface area contributed by atoms with Crippen LogP contribution in [0.2, 0.25) is 0 Å². The zero-order valence-electron chi connectivity index (χ0n) is 11.6. The molecule has 0 atom stereocenters. The van der Waals surface area contributed by atoms with Gasteiger partial charge in [0.2, 0.25) is 0 Å². The van der Waals surface area contributed by atoms with Crippen LogP contribution in [0.1, 0.15) is 11.1 Å². The molecule has 0 saturated carbocycles. The number of rotatable bonds is 4. The standard InChI is InChI=1S/C17H12FN3S/c18-15-7-5-12(6-8-15)16-10-20-17(21-16)22-11-14-4-2-1-3-13(14)9-19/h1-8,10H,11H2,(H,20,21). The van der Waals surface area contributed by atoms with Gasteiger partial charge in [0, 0.05) is 5.75 Å². The molecule has 0 aliphatic rings. The Labute approximate surface area is 131 Å². The third-order valence-electron chi connectivity index (χ3n) is 3.21. The van der Waals surface area contributed by atoms with Crippen LogP contribution in [0.4, 0.5) is 4.39 Å². The van der Waals surface area contributed by atoms with Crippen molar-refractivity contribution in [2.24, 2.45) is 0 Å². The van der Waals surface area contributed by atoms with Crippen LogP contribution in [0, 0.1) is 17.1 Å². The normalized spacial score (nSPS) is 10.4. The van der Waals surface area contributed by atoms with Crippen molar-refractivity contribution < 1.29 is 4.39 Å². The molecule has 0 bridgehead atoms. The zero-order chi connectivity index (χ0) is 15.4.